The second-order valence-corrected chi connectivity index (χ2v) is 5.05. The molecule has 3 aromatic rings. The Labute approximate surface area is 114 Å². The number of nitrogens with one attached hydrogen (secondary N) is 2. The van der Waals surface area contributed by atoms with E-state index in [9.17, 15) is 4.79 Å². The molecule has 0 aliphatic rings. The lowest BCUT2D eigenvalue weighted by molar-refractivity contribution is -0.115. The first-order valence-electron chi connectivity index (χ1n) is 6.10. The lowest BCUT2D eigenvalue weighted by Gasteiger charge is -1.97. The molecule has 3 rings (SSSR count). The number of fused-ring (bicyclic) bond motifs is 1. The first kappa shape index (κ1) is 11.9. The van der Waals surface area contributed by atoms with Gasteiger partial charge in [0.1, 0.15) is 0 Å². The van der Waals surface area contributed by atoms with Crippen LogP contribution in [-0.4, -0.2) is 15.9 Å². The molecule has 2 aromatic heterocycles. The Morgan fingerprint density at radius 2 is 2.26 bits per heavy atom. The minimum Gasteiger partial charge on any atom is -0.360 e. The third-order valence-electron chi connectivity index (χ3n) is 2.94. The summed E-state index contributed by atoms with van der Waals surface area (Å²) in [4.78, 5) is 19.0. The number of para-hydroxylation sites is 1. The topological polar surface area (TPSA) is 57.8 Å². The Hall–Kier alpha value is -2.14. The molecule has 0 aliphatic carbocycles. The Balaban J connectivity index is 1.96. The molecule has 0 unspecified atom stereocenters. The zero-order chi connectivity index (χ0) is 13.2. The molecule has 0 radical (unpaired) electrons. The summed E-state index contributed by atoms with van der Waals surface area (Å²) >= 11 is 1.44. The molecule has 0 atom stereocenters. The minimum atomic E-state index is -0.0140. The van der Waals surface area contributed by atoms with Crippen molar-refractivity contribution >= 4 is 33.3 Å². The van der Waals surface area contributed by atoms with E-state index in [1.54, 1.807) is 0 Å². The van der Waals surface area contributed by atoms with Crippen LogP contribution in [0.5, 0.6) is 0 Å². The number of amides is 1. The predicted octanol–water partition coefficient (Wildman–Crippen LogP) is 3.64. The van der Waals surface area contributed by atoms with Crippen molar-refractivity contribution in [1.29, 1.82) is 0 Å². The van der Waals surface area contributed by atoms with Gasteiger partial charge in [0.25, 0.3) is 0 Å². The Kier molecular flexibility index (Phi) is 3.05. The van der Waals surface area contributed by atoms with Crippen LogP contribution in [0.1, 0.15) is 13.3 Å². The average molecular weight is 271 g/mol. The highest BCUT2D eigenvalue weighted by Crippen LogP contribution is 2.30. The minimum absolute atomic E-state index is 0.0140. The number of carbonyl (C=O) groups is 1. The number of nitrogens with zero attached hydrogens (tertiary/aromatic N) is 1. The van der Waals surface area contributed by atoms with Gasteiger partial charge in [-0.1, -0.05) is 25.1 Å². The van der Waals surface area contributed by atoms with Crippen LogP contribution in [0.2, 0.25) is 0 Å². The van der Waals surface area contributed by atoms with Crippen LogP contribution >= 0.6 is 11.3 Å². The molecule has 0 fully saturated rings. The molecule has 2 N–H and O–H groups in total. The second kappa shape index (κ2) is 4.85. The highest BCUT2D eigenvalue weighted by molar-refractivity contribution is 7.14. The van der Waals surface area contributed by atoms with Crippen LogP contribution in [0.25, 0.3) is 22.2 Å². The number of hydrogen-bond donors (Lipinski definition) is 2. The van der Waals surface area contributed by atoms with Crippen molar-refractivity contribution in [3.05, 3.63) is 35.8 Å². The fourth-order valence-electron chi connectivity index (χ4n) is 1.95. The first-order valence-corrected chi connectivity index (χ1v) is 6.97. The number of aromatic nitrogens is 2. The number of H-pyrrole nitrogens is 1. The highest BCUT2D eigenvalue weighted by Gasteiger charge is 2.10. The molecule has 5 heteroatoms. The van der Waals surface area contributed by atoms with Crippen LogP contribution in [0.15, 0.2) is 35.8 Å². The number of carbonyl (C=O) groups excluding carboxylic acids is 1. The van der Waals surface area contributed by atoms with E-state index in [1.165, 1.54) is 11.3 Å². The second-order valence-electron chi connectivity index (χ2n) is 4.19. The van der Waals surface area contributed by atoms with E-state index < -0.39 is 0 Å². The van der Waals surface area contributed by atoms with Crippen molar-refractivity contribution in [2.45, 2.75) is 13.3 Å². The number of rotatable bonds is 3. The van der Waals surface area contributed by atoms with Crippen molar-refractivity contribution < 1.29 is 4.79 Å². The van der Waals surface area contributed by atoms with E-state index >= 15 is 0 Å². The van der Waals surface area contributed by atoms with Crippen molar-refractivity contribution in [1.82, 2.24) is 9.97 Å². The first-order chi connectivity index (χ1) is 9.28. The highest BCUT2D eigenvalue weighted by atomic mass is 32.1. The van der Waals surface area contributed by atoms with Crippen LogP contribution in [0, 0.1) is 0 Å². The Bertz CT molecular complexity index is 729. The van der Waals surface area contributed by atoms with Crippen molar-refractivity contribution in [2.75, 3.05) is 5.32 Å². The number of aromatic amines is 1. The van der Waals surface area contributed by atoms with Crippen molar-refractivity contribution in [2.24, 2.45) is 0 Å². The van der Waals surface area contributed by atoms with E-state index in [2.05, 4.69) is 21.4 Å². The summed E-state index contributed by atoms with van der Waals surface area (Å²) in [5.74, 6) is -0.0140. The monoisotopic (exact) mass is 271 g/mol. The van der Waals surface area contributed by atoms with Gasteiger partial charge in [0, 0.05) is 34.5 Å². The van der Waals surface area contributed by atoms with Crippen molar-refractivity contribution in [3.63, 3.8) is 0 Å². The van der Waals surface area contributed by atoms with Gasteiger partial charge in [0.2, 0.25) is 5.91 Å². The Morgan fingerprint density at radius 3 is 3.11 bits per heavy atom. The summed E-state index contributed by atoms with van der Waals surface area (Å²) in [7, 11) is 0. The van der Waals surface area contributed by atoms with Crippen LogP contribution in [0.4, 0.5) is 5.13 Å². The lowest BCUT2D eigenvalue weighted by Crippen LogP contribution is -2.08. The summed E-state index contributed by atoms with van der Waals surface area (Å²) in [6.07, 6.45) is 2.41. The van der Waals surface area contributed by atoms with Crippen LogP contribution < -0.4 is 5.32 Å². The SMILES string of the molecule is CCC(=O)Nc1nc(-c2c[nH]c3ccccc23)cs1. The molecule has 4 nitrogen and oxygen atoms in total. The van der Waals surface area contributed by atoms with Gasteiger partial charge in [-0.3, -0.25) is 4.79 Å². The molecule has 1 aromatic carbocycles. The molecule has 2 heterocycles. The standard InChI is InChI=1S/C14H13N3OS/c1-2-13(18)17-14-16-12(8-19-14)10-7-15-11-6-4-3-5-9(10)11/h3-8,15H,2H2,1H3,(H,16,17,18). The summed E-state index contributed by atoms with van der Waals surface area (Å²) in [5, 5.41) is 6.52. The third-order valence-corrected chi connectivity index (χ3v) is 3.69. The molecule has 0 spiro atoms. The average Bonchev–Trinajstić information content (AvgIpc) is 3.04. The van der Waals surface area contributed by atoms with E-state index in [1.807, 2.05) is 36.7 Å². The van der Waals surface area contributed by atoms with Crippen LogP contribution in [-0.2, 0) is 4.79 Å². The van der Waals surface area contributed by atoms with Crippen LogP contribution in [0.3, 0.4) is 0 Å². The zero-order valence-corrected chi connectivity index (χ0v) is 11.3. The third kappa shape index (κ3) is 2.24. The number of hydrogen-bond acceptors (Lipinski definition) is 3. The maximum atomic E-state index is 11.3. The summed E-state index contributed by atoms with van der Waals surface area (Å²) in [6, 6.07) is 8.10. The molecule has 0 saturated carbocycles. The fraction of sp³-hybridized carbons (Fsp3) is 0.143. The molecule has 0 saturated heterocycles. The smallest absolute Gasteiger partial charge is 0.225 e. The number of thiazole rings is 1. The van der Waals surface area contributed by atoms with Crippen molar-refractivity contribution in [3.8, 4) is 11.3 Å². The maximum Gasteiger partial charge on any atom is 0.225 e. The molecule has 1 amide bonds. The fourth-order valence-corrected chi connectivity index (χ4v) is 2.67. The molecule has 96 valence electrons. The van der Waals surface area contributed by atoms with Gasteiger partial charge in [-0.2, -0.15) is 0 Å². The maximum absolute atomic E-state index is 11.3. The van der Waals surface area contributed by atoms with E-state index in [0.717, 1.165) is 22.2 Å². The van der Waals surface area contributed by atoms with E-state index in [0.29, 0.717) is 11.6 Å². The van der Waals surface area contributed by atoms with Gasteiger partial charge in [-0.05, 0) is 6.07 Å². The summed E-state index contributed by atoms with van der Waals surface area (Å²) in [6.45, 7) is 1.82. The van der Waals surface area contributed by atoms with Gasteiger partial charge < -0.3 is 10.3 Å². The van der Waals surface area contributed by atoms with Gasteiger partial charge in [0.15, 0.2) is 5.13 Å². The Morgan fingerprint density at radius 1 is 1.42 bits per heavy atom. The van der Waals surface area contributed by atoms with E-state index in [4.69, 9.17) is 0 Å². The molecule has 0 aliphatic heterocycles. The summed E-state index contributed by atoms with van der Waals surface area (Å²) < 4.78 is 0. The van der Waals surface area contributed by atoms with Gasteiger partial charge in [-0.15, -0.1) is 11.3 Å². The quantitative estimate of drug-likeness (QED) is 0.764. The van der Waals surface area contributed by atoms with Gasteiger partial charge >= 0.3 is 0 Å². The molecule has 19 heavy (non-hydrogen) atoms. The molecular formula is C14H13N3OS. The number of benzene rings is 1. The molecule has 0 bridgehead atoms. The normalized spacial score (nSPS) is 10.8. The molecular weight excluding hydrogens is 258 g/mol. The predicted molar refractivity (Wildman–Crippen MR) is 78.3 cm³/mol. The lowest BCUT2D eigenvalue weighted by atomic mass is 10.1. The largest absolute Gasteiger partial charge is 0.360 e. The van der Waals surface area contributed by atoms with Gasteiger partial charge in [0.05, 0.1) is 5.69 Å². The zero-order valence-electron chi connectivity index (χ0n) is 10.4. The van der Waals surface area contributed by atoms with Gasteiger partial charge in [-0.25, -0.2) is 4.98 Å². The van der Waals surface area contributed by atoms with E-state index in [-0.39, 0.29) is 5.91 Å². The summed E-state index contributed by atoms with van der Waals surface area (Å²) in [5.41, 5.74) is 3.03. The number of anilines is 1.